The summed E-state index contributed by atoms with van der Waals surface area (Å²) >= 11 is 0. The molecular formula is C11H12N4O. The maximum absolute atomic E-state index is 11.7. The number of rotatable bonds is 3. The molecule has 0 aromatic carbocycles. The normalized spacial score (nSPS) is 10.1. The standard InChI is InChI=1S/C11H12N4O/c1-15-10(4-7-13-15)14-11(16)8-9-2-5-12-6-3-9/h2-7H,8H2,1H3,(H,14,16). The van der Waals surface area contributed by atoms with Gasteiger partial charge in [0.15, 0.2) is 0 Å². The fourth-order valence-corrected chi connectivity index (χ4v) is 1.37. The van der Waals surface area contributed by atoms with Gasteiger partial charge < -0.3 is 5.32 Å². The number of carbonyl (C=O) groups is 1. The summed E-state index contributed by atoms with van der Waals surface area (Å²) in [7, 11) is 1.78. The van der Waals surface area contributed by atoms with Crippen molar-refractivity contribution in [1.29, 1.82) is 0 Å². The second-order valence-electron chi connectivity index (χ2n) is 3.42. The molecule has 0 aliphatic heterocycles. The van der Waals surface area contributed by atoms with Gasteiger partial charge in [-0.05, 0) is 17.7 Å². The monoisotopic (exact) mass is 216 g/mol. The number of nitrogens with one attached hydrogen (secondary N) is 1. The summed E-state index contributed by atoms with van der Waals surface area (Å²) in [4.78, 5) is 15.6. The molecule has 1 N–H and O–H groups in total. The van der Waals surface area contributed by atoms with Crippen molar-refractivity contribution in [3.05, 3.63) is 42.4 Å². The van der Waals surface area contributed by atoms with E-state index >= 15 is 0 Å². The Hall–Kier alpha value is -2.17. The van der Waals surface area contributed by atoms with E-state index in [0.29, 0.717) is 12.2 Å². The SMILES string of the molecule is Cn1nccc1NC(=O)Cc1ccncc1. The molecule has 16 heavy (non-hydrogen) atoms. The van der Waals surface area contributed by atoms with Crippen molar-refractivity contribution in [2.45, 2.75) is 6.42 Å². The topological polar surface area (TPSA) is 59.8 Å². The van der Waals surface area contributed by atoms with Crippen LogP contribution in [0, 0.1) is 0 Å². The van der Waals surface area contributed by atoms with Crippen LogP contribution in [0.15, 0.2) is 36.8 Å². The fourth-order valence-electron chi connectivity index (χ4n) is 1.37. The Bertz CT molecular complexity index is 478. The van der Waals surface area contributed by atoms with Gasteiger partial charge >= 0.3 is 0 Å². The molecule has 1 amide bonds. The molecule has 2 aromatic rings. The second-order valence-corrected chi connectivity index (χ2v) is 3.42. The van der Waals surface area contributed by atoms with Crippen LogP contribution in [0.3, 0.4) is 0 Å². The van der Waals surface area contributed by atoms with Gasteiger partial charge in [0.2, 0.25) is 5.91 Å². The molecule has 82 valence electrons. The van der Waals surface area contributed by atoms with Gasteiger partial charge in [-0.2, -0.15) is 5.10 Å². The first-order valence-corrected chi connectivity index (χ1v) is 4.92. The Labute approximate surface area is 93.1 Å². The van der Waals surface area contributed by atoms with Crippen LogP contribution in [0.1, 0.15) is 5.56 Å². The molecule has 0 bridgehead atoms. The van der Waals surface area contributed by atoms with Crippen LogP contribution in [0.2, 0.25) is 0 Å². The van der Waals surface area contributed by atoms with Crippen LogP contribution >= 0.6 is 0 Å². The van der Waals surface area contributed by atoms with Gasteiger partial charge in [0.05, 0.1) is 12.6 Å². The van der Waals surface area contributed by atoms with E-state index in [0.717, 1.165) is 5.56 Å². The zero-order valence-corrected chi connectivity index (χ0v) is 8.92. The van der Waals surface area contributed by atoms with E-state index in [-0.39, 0.29) is 5.91 Å². The minimum atomic E-state index is -0.0604. The van der Waals surface area contributed by atoms with Crippen LogP contribution in [-0.2, 0) is 18.3 Å². The molecule has 0 aliphatic carbocycles. The number of nitrogens with zero attached hydrogens (tertiary/aromatic N) is 3. The molecule has 0 unspecified atom stereocenters. The third-order valence-electron chi connectivity index (χ3n) is 2.20. The maximum atomic E-state index is 11.7. The Morgan fingerprint density at radius 1 is 1.31 bits per heavy atom. The van der Waals surface area contributed by atoms with E-state index in [9.17, 15) is 4.79 Å². The number of aromatic nitrogens is 3. The molecule has 0 aliphatic rings. The summed E-state index contributed by atoms with van der Waals surface area (Å²) in [5.74, 6) is 0.633. The first kappa shape index (κ1) is 10.4. The largest absolute Gasteiger partial charge is 0.311 e. The highest BCUT2D eigenvalue weighted by Gasteiger charge is 2.05. The number of pyridine rings is 1. The Morgan fingerprint density at radius 2 is 2.06 bits per heavy atom. The van der Waals surface area contributed by atoms with Gasteiger partial charge in [-0.25, -0.2) is 0 Å². The first-order valence-electron chi connectivity index (χ1n) is 4.92. The van der Waals surface area contributed by atoms with Crippen LogP contribution in [-0.4, -0.2) is 20.7 Å². The fraction of sp³-hybridized carbons (Fsp3) is 0.182. The molecule has 0 saturated carbocycles. The third kappa shape index (κ3) is 2.44. The van der Waals surface area contributed by atoms with Crippen molar-refractivity contribution in [3.63, 3.8) is 0 Å². The quantitative estimate of drug-likeness (QED) is 0.832. The molecule has 5 heteroatoms. The van der Waals surface area contributed by atoms with Crippen molar-refractivity contribution in [2.75, 3.05) is 5.32 Å². The molecule has 0 atom stereocenters. The summed E-state index contributed by atoms with van der Waals surface area (Å²) in [5, 5.41) is 6.75. The number of carbonyl (C=O) groups excluding carboxylic acids is 1. The van der Waals surface area contributed by atoms with E-state index in [1.165, 1.54) is 0 Å². The highest BCUT2D eigenvalue weighted by atomic mass is 16.1. The van der Waals surface area contributed by atoms with E-state index in [1.54, 1.807) is 36.4 Å². The molecule has 0 fully saturated rings. The van der Waals surface area contributed by atoms with Gasteiger partial charge in [0.1, 0.15) is 5.82 Å². The van der Waals surface area contributed by atoms with Crippen molar-refractivity contribution >= 4 is 11.7 Å². The lowest BCUT2D eigenvalue weighted by molar-refractivity contribution is -0.115. The molecule has 0 radical (unpaired) electrons. The number of amides is 1. The van der Waals surface area contributed by atoms with Crippen LogP contribution in [0.4, 0.5) is 5.82 Å². The summed E-state index contributed by atoms with van der Waals surface area (Å²) in [6.07, 6.45) is 5.33. The van der Waals surface area contributed by atoms with Crippen LogP contribution in [0.25, 0.3) is 0 Å². The van der Waals surface area contributed by atoms with E-state index < -0.39 is 0 Å². The lowest BCUT2D eigenvalue weighted by Gasteiger charge is -2.04. The van der Waals surface area contributed by atoms with Gasteiger partial charge in [0.25, 0.3) is 0 Å². The van der Waals surface area contributed by atoms with Crippen molar-refractivity contribution in [2.24, 2.45) is 7.05 Å². The highest BCUT2D eigenvalue weighted by molar-refractivity contribution is 5.91. The molecular weight excluding hydrogens is 204 g/mol. The number of anilines is 1. The summed E-state index contributed by atoms with van der Waals surface area (Å²) in [5.41, 5.74) is 0.940. The summed E-state index contributed by atoms with van der Waals surface area (Å²) in [6.45, 7) is 0. The zero-order chi connectivity index (χ0) is 11.4. The maximum Gasteiger partial charge on any atom is 0.229 e. The summed E-state index contributed by atoms with van der Waals surface area (Å²) < 4.78 is 1.62. The molecule has 2 rings (SSSR count). The van der Waals surface area contributed by atoms with Crippen molar-refractivity contribution in [3.8, 4) is 0 Å². The number of hydrogen-bond donors (Lipinski definition) is 1. The van der Waals surface area contributed by atoms with E-state index in [1.807, 2.05) is 12.1 Å². The van der Waals surface area contributed by atoms with Crippen molar-refractivity contribution in [1.82, 2.24) is 14.8 Å². The highest BCUT2D eigenvalue weighted by Crippen LogP contribution is 2.05. The molecule has 5 nitrogen and oxygen atoms in total. The Morgan fingerprint density at radius 3 is 2.69 bits per heavy atom. The van der Waals surface area contributed by atoms with Gasteiger partial charge in [0, 0.05) is 25.5 Å². The molecule has 0 spiro atoms. The number of hydrogen-bond acceptors (Lipinski definition) is 3. The summed E-state index contributed by atoms with van der Waals surface area (Å²) in [6, 6.07) is 5.40. The molecule has 2 aromatic heterocycles. The van der Waals surface area contributed by atoms with Gasteiger partial charge in [-0.1, -0.05) is 0 Å². The van der Waals surface area contributed by atoms with Gasteiger partial charge in [-0.3, -0.25) is 14.5 Å². The lowest BCUT2D eigenvalue weighted by atomic mass is 10.2. The number of aryl methyl sites for hydroxylation is 1. The first-order chi connectivity index (χ1) is 7.75. The van der Waals surface area contributed by atoms with Crippen molar-refractivity contribution < 1.29 is 4.79 Å². The lowest BCUT2D eigenvalue weighted by Crippen LogP contribution is -2.16. The smallest absolute Gasteiger partial charge is 0.229 e. The van der Waals surface area contributed by atoms with Crippen LogP contribution in [0.5, 0.6) is 0 Å². The average Bonchev–Trinajstić information content (AvgIpc) is 2.66. The van der Waals surface area contributed by atoms with Crippen LogP contribution < -0.4 is 5.32 Å². The Balaban J connectivity index is 1.98. The predicted octanol–water partition coefficient (Wildman–Crippen LogP) is 0.996. The third-order valence-corrected chi connectivity index (χ3v) is 2.20. The minimum absolute atomic E-state index is 0.0604. The zero-order valence-electron chi connectivity index (χ0n) is 8.92. The molecule has 0 saturated heterocycles. The average molecular weight is 216 g/mol. The minimum Gasteiger partial charge on any atom is -0.311 e. The second kappa shape index (κ2) is 4.57. The van der Waals surface area contributed by atoms with Gasteiger partial charge in [-0.15, -0.1) is 0 Å². The predicted molar refractivity (Wildman–Crippen MR) is 59.8 cm³/mol. The van der Waals surface area contributed by atoms with E-state index in [4.69, 9.17) is 0 Å². The van der Waals surface area contributed by atoms with E-state index in [2.05, 4.69) is 15.4 Å². The Kier molecular flexibility index (Phi) is 2.95. The molecule has 2 heterocycles.